The summed E-state index contributed by atoms with van der Waals surface area (Å²) in [4.78, 5) is 31.8. The molecule has 0 aliphatic carbocycles. The van der Waals surface area contributed by atoms with Crippen molar-refractivity contribution in [1.29, 1.82) is 0 Å². The van der Waals surface area contributed by atoms with Crippen molar-refractivity contribution in [2.24, 2.45) is 4.99 Å². The van der Waals surface area contributed by atoms with Crippen LogP contribution in [0.15, 0.2) is 40.1 Å². The highest BCUT2D eigenvalue weighted by molar-refractivity contribution is 6.99. The van der Waals surface area contributed by atoms with E-state index in [1.54, 1.807) is 16.2 Å². The maximum atomic E-state index is 14.0. The van der Waals surface area contributed by atoms with Crippen LogP contribution in [-0.4, -0.2) is 37.4 Å². The normalized spacial score (nSPS) is 12.7. The Kier molecular flexibility index (Phi) is 8.07. The number of nitrogens with two attached hydrogens (primary N) is 1. The van der Waals surface area contributed by atoms with E-state index in [9.17, 15) is 9.59 Å². The summed E-state index contributed by atoms with van der Waals surface area (Å²) < 4.78 is 22.8. The van der Waals surface area contributed by atoms with Crippen molar-refractivity contribution >= 4 is 29.0 Å². The second-order valence-corrected chi connectivity index (χ2v) is 10.7. The summed E-state index contributed by atoms with van der Waals surface area (Å²) in [6, 6.07) is 10.1. The topological polar surface area (TPSA) is 127 Å². The minimum atomic E-state index is -0.190. The molecule has 0 spiro atoms. The molecule has 0 radical (unpaired) electrons. The Hall–Kier alpha value is -4.25. The van der Waals surface area contributed by atoms with Crippen molar-refractivity contribution in [3.05, 3.63) is 74.3 Å². The molecule has 5 rings (SSSR count). The largest absolute Gasteiger partial charge is 0.493 e. The number of carbonyl (C=O) groups is 1. The van der Waals surface area contributed by atoms with Gasteiger partial charge in [-0.05, 0) is 69.4 Å². The smallest absolute Gasteiger partial charge is 0.330 e. The predicted octanol–water partition coefficient (Wildman–Crippen LogP) is 4.53. The van der Waals surface area contributed by atoms with Gasteiger partial charge in [-0.2, -0.15) is 8.75 Å². The highest BCUT2D eigenvalue weighted by Gasteiger charge is 2.23. The Labute approximate surface area is 242 Å². The Morgan fingerprint density at radius 1 is 1.10 bits per heavy atom. The van der Waals surface area contributed by atoms with Crippen LogP contribution in [0.1, 0.15) is 52.5 Å². The van der Waals surface area contributed by atoms with E-state index < -0.39 is 0 Å². The summed E-state index contributed by atoms with van der Waals surface area (Å²) in [6.45, 7) is 9.39. The van der Waals surface area contributed by atoms with Crippen molar-refractivity contribution in [2.45, 2.75) is 60.0 Å². The summed E-state index contributed by atoms with van der Waals surface area (Å²) in [5.41, 5.74) is 13.1. The molecule has 2 aromatic heterocycles. The number of carbonyl (C=O) groups excluding carboxylic acids is 1. The van der Waals surface area contributed by atoms with Gasteiger partial charge in [-0.25, -0.2) is 9.79 Å². The first-order valence-corrected chi connectivity index (χ1v) is 14.4. The van der Waals surface area contributed by atoms with Gasteiger partial charge in [0.2, 0.25) is 0 Å². The molecule has 3 heterocycles. The lowest BCUT2D eigenvalue weighted by molar-refractivity contribution is 0.0975. The van der Waals surface area contributed by atoms with Gasteiger partial charge < -0.3 is 15.2 Å². The fourth-order valence-electron chi connectivity index (χ4n) is 5.44. The molecule has 2 N–H and O–H groups in total. The van der Waals surface area contributed by atoms with E-state index in [1.165, 1.54) is 0 Å². The number of ether oxygens (including phenoxy) is 2. The van der Waals surface area contributed by atoms with Crippen LogP contribution in [-0.2, 0) is 19.5 Å². The zero-order valence-electron chi connectivity index (χ0n) is 24.0. The summed E-state index contributed by atoms with van der Waals surface area (Å²) in [6.07, 6.45) is 1.28. The molecule has 0 saturated carbocycles. The van der Waals surface area contributed by atoms with Crippen LogP contribution in [0.3, 0.4) is 0 Å². The third-order valence-electron chi connectivity index (χ3n) is 7.29. The molecule has 1 aliphatic heterocycles. The molecule has 11 heteroatoms. The molecule has 2 aromatic carbocycles. The molecule has 41 heavy (non-hydrogen) atoms. The van der Waals surface area contributed by atoms with Gasteiger partial charge in [0, 0.05) is 31.1 Å². The zero-order chi connectivity index (χ0) is 29.3. The molecule has 10 nitrogen and oxygen atoms in total. The standard InChI is InChI=1S/C30H34N6O4S/c1-6-40-25-14-20-9-11-35-22(21(20)15-24(25)39-5)16-26(32-27-18(3)12-17(2)13-19(27)4)36(30(35)38)10-7-8-23(37)28-29(31)34-41-33-28/h12-16H,6-11H2,1-5H3,(H2,31,34). The SMILES string of the molecule is CCOc1cc2c(cc1OC)-c1cc(=Nc3c(C)cc(C)cc3C)n(CCCC(=O)c3nsnc3N)c(=O)n1CC2. The first kappa shape index (κ1) is 28.3. The lowest BCUT2D eigenvalue weighted by Crippen LogP contribution is -2.42. The number of hydrogen-bond acceptors (Lipinski definition) is 9. The van der Waals surface area contributed by atoms with Gasteiger partial charge in [-0.1, -0.05) is 17.7 Å². The number of hydrogen-bond donors (Lipinski definition) is 1. The molecule has 0 amide bonds. The number of fused-ring (bicyclic) bond motifs is 3. The molecule has 1 aliphatic rings. The van der Waals surface area contributed by atoms with Crippen LogP contribution < -0.4 is 26.4 Å². The minimum absolute atomic E-state index is 0.143. The highest BCUT2D eigenvalue weighted by atomic mass is 32.1. The molecule has 0 saturated heterocycles. The Bertz CT molecular complexity index is 1740. The number of ketones is 1. The number of rotatable bonds is 9. The first-order valence-electron chi connectivity index (χ1n) is 13.6. The fraction of sp³-hybridized carbons (Fsp3) is 0.367. The molecule has 0 fully saturated rings. The van der Waals surface area contributed by atoms with Crippen molar-refractivity contribution in [3.8, 4) is 22.8 Å². The summed E-state index contributed by atoms with van der Waals surface area (Å²) in [7, 11) is 1.61. The fourth-order valence-corrected chi connectivity index (χ4v) is 5.93. The van der Waals surface area contributed by atoms with Crippen LogP contribution in [0.4, 0.5) is 11.5 Å². The quantitative estimate of drug-likeness (QED) is 0.291. The zero-order valence-corrected chi connectivity index (χ0v) is 24.8. The third kappa shape index (κ3) is 5.54. The number of nitrogen functional groups attached to an aromatic ring is 1. The number of anilines is 1. The number of benzene rings is 2. The second kappa shape index (κ2) is 11.7. The molecule has 0 bridgehead atoms. The molecule has 214 valence electrons. The molecule has 0 unspecified atom stereocenters. The van der Waals surface area contributed by atoms with E-state index >= 15 is 0 Å². The van der Waals surface area contributed by atoms with Crippen molar-refractivity contribution in [2.75, 3.05) is 19.5 Å². The van der Waals surface area contributed by atoms with Crippen molar-refractivity contribution in [1.82, 2.24) is 17.9 Å². The van der Waals surface area contributed by atoms with Crippen LogP contribution >= 0.6 is 11.7 Å². The number of methoxy groups -OCH3 is 1. The van der Waals surface area contributed by atoms with Crippen molar-refractivity contribution < 1.29 is 14.3 Å². The van der Waals surface area contributed by atoms with Crippen LogP contribution in [0, 0.1) is 20.8 Å². The second-order valence-electron chi connectivity index (χ2n) is 10.2. The van der Waals surface area contributed by atoms with Gasteiger partial charge in [0.15, 0.2) is 28.8 Å². The van der Waals surface area contributed by atoms with E-state index in [2.05, 4.69) is 27.8 Å². The van der Waals surface area contributed by atoms with E-state index in [-0.39, 0.29) is 29.4 Å². The maximum absolute atomic E-state index is 14.0. The average molecular weight is 575 g/mol. The van der Waals surface area contributed by atoms with Crippen molar-refractivity contribution in [3.63, 3.8) is 0 Å². The molecular weight excluding hydrogens is 540 g/mol. The summed E-state index contributed by atoms with van der Waals surface area (Å²) >= 11 is 0.914. The predicted molar refractivity (Wildman–Crippen MR) is 159 cm³/mol. The monoisotopic (exact) mass is 574 g/mol. The van der Waals surface area contributed by atoms with E-state index in [0.29, 0.717) is 49.5 Å². The number of nitrogens with zero attached hydrogens (tertiary/aromatic N) is 5. The average Bonchev–Trinajstić information content (AvgIpc) is 3.37. The van der Waals surface area contributed by atoms with Gasteiger partial charge in [0.05, 0.1) is 36.8 Å². The molecular formula is C30H34N6O4S. The number of Topliss-reactive ketones (excluding diaryl/α,β-unsaturated/α-hetero) is 1. The van der Waals surface area contributed by atoms with Gasteiger partial charge in [0.1, 0.15) is 5.49 Å². The van der Waals surface area contributed by atoms with E-state index in [4.69, 9.17) is 20.2 Å². The third-order valence-corrected chi connectivity index (χ3v) is 7.83. The van der Waals surface area contributed by atoms with Gasteiger partial charge in [0.25, 0.3) is 0 Å². The van der Waals surface area contributed by atoms with Gasteiger partial charge in [-0.15, -0.1) is 0 Å². The maximum Gasteiger partial charge on any atom is 0.330 e. The van der Waals surface area contributed by atoms with E-state index in [1.807, 2.05) is 39.0 Å². The Morgan fingerprint density at radius 3 is 2.51 bits per heavy atom. The Morgan fingerprint density at radius 2 is 1.85 bits per heavy atom. The Balaban J connectivity index is 1.63. The van der Waals surface area contributed by atoms with E-state index in [0.717, 1.165) is 50.9 Å². The van der Waals surface area contributed by atoms with Crippen LogP contribution in [0.5, 0.6) is 11.5 Å². The summed E-state index contributed by atoms with van der Waals surface area (Å²) in [5, 5.41) is 0. The lowest BCUT2D eigenvalue weighted by atomic mass is 9.97. The van der Waals surface area contributed by atoms with Crippen LogP contribution in [0.25, 0.3) is 11.3 Å². The van der Waals surface area contributed by atoms with Crippen LogP contribution in [0.2, 0.25) is 0 Å². The minimum Gasteiger partial charge on any atom is -0.493 e. The summed E-state index contributed by atoms with van der Waals surface area (Å²) in [5.74, 6) is 1.25. The molecule has 0 atom stereocenters. The van der Waals surface area contributed by atoms with Gasteiger partial charge in [-0.3, -0.25) is 13.9 Å². The lowest BCUT2D eigenvalue weighted by Gasteiger charge is -2.25. The molecule has 4 aromatic rings. The first-order chi connectivity index (χ1) is 19.7. The highest BCUT2D eigenvalue weighted by Crippen LogP contribution is 2.38. The number of aromatic nitrogens is 4. The number of aryl methyl sites for hydroxylation is 4. The van der Waals surface area contributed by atoms with Gasteiger partial charge >= 0.3 is 5.69 Å².